The van der Waals surface area contributed by atoms with Gasteiger partial charge in [-0.3, -0.25) is 4.90 Å². The Balaban J connectivity index is 4.63. The molecule has 5 heteroatoms. The number of rotatable bonds is 11. The highest BCUT2D eigenvalue weighted by Gasteiger charge is 2.30. The maximum Gasteiger partial charge on any atom is 0.0967 e. The van der Waals surface area contributed by atoms with Crippen LogP contribution in [0.3, 0.4) is 0 Å². The van der Waals surface area contributed by atoms with Gasteiger partial charge in [0.2, 0.25) is 0 Å². The second kappa shape index (κ2) is 10.6. The fraction of sp³-hybridized carbons (Fsp3) is 1.00. The third kappa shape index (κ3) is 6.19. The summed E-state index contributed by atoms with van der Waals surface area (Å²) in [6, 6.07) is -0.189. The number of hydrogen-bond donors (Lipinski definition) is 3. The molecule has 0 spiro atoms. The zero-order chi connectivity index (χ0) is 14.8. The van der Waals surface area contributed by atoms with Crippen LogP contribution >= 0.6 is 0 Å². The molecule has 0 aromatic rings. The molecule has 5 nitrogen and oxygen atoms in total. The van der Waals surface area contributed by atoms with Crippen LogP contribution in [-0.4, -0.2) is 82.7 Å². The summed E-state index contributed by atoms with van der Waals surface area (Å²) in [7, 11) is 0. The average Bonchev–Trinajstić information content (AvgIpc) is 2.43. The molecule has 0 rings (SSSR count). The van der Waals surface area contributed by atoms with Gasteiger partial charge in [-0.2, -0.15) is 0 Å². The van der Waals surface area contributed by atoms with Gasteiger partial charge in [-0.05, 0) is 32.6 Å². The third-order valence-corrected chi connectivity index (χ3v) is 3.83. The molecular weight excluding hydrogens is 244 g/mol. The van der Waals surface area contributed by atoms with Gasteiger partial charge in [-0.15, -0.1) is 0 Å². The number of aliphatic hydroxyl groups is 3. The maximum atomic E-state index is 10.4. The van der Waals surface area contributed by atoms with E-state index in [9.17, 15) is 10.2 Å². The molecule has 0 heterocycles. The minimum Gasteiger partial charge on any atom is -0.396 e. The van der Waals surface area contributed by atoms with Crippen molar-refractivity contribution in [2.24, 2.45) is 0 Å². The number of aliphatic hydroxyl groups excluding tert-OH is 3. The van der Waals surface area contributed by atoms with E-state index in [4.69, 9.17) is 5.11 Å². The van der Waals surface area contributed by atoms with E-state index in [2.05, 4.69) is 9.80 Å². The predicted molar refractivity (Wildman–Crippen MR) is 78.2 cm³/mol. The molecule has 3 unspecified atom stereocenters. The Bertz CT molecular complexity index is 209. The Labute approximate surface area is 117 Å². The van der Waals surface area contributed by atoms with Gasteiger partial charge in [-0.25, -0.2) is 0 Å². The Kier molecular flexibility index (Phi) is 10.5. The second-order valence-corrected chi connectivity index (χ2v) is 4.84. The highest BCUT2D eigenvalue weighted by Crippen LogP contribution is 2.13. The fourth-order valence-corrected chi connectivity index (χ4v) is 2.51. The van der Waals surface area contributed by atoms with E-state index >= 15 is 0 Å². The summed E-state index contributed by atoms with van der Waals surface area (Å²) in [6.07, 6.45) is -1.12. The Morgan fingerprint density at radius 2 is 1.42 bits per heavy atom. The lowest BCUT2D eigenvalue weighted by atomic mass is 10.00. The lowest BCUT2D eigenvalue weighted by molar-refractivity contribution is -0.0536. The first-order valence-electron chi connectivity index (χ1n) is 7.48. The highest BCUT2D eigenvalue weighted by atomic mass is 16.3. The van der Waals surface area contributed by atoms with Gasteiger partial charge in [0.25, 0.3) is 0 Å². The van der Waals surface area contributed by atoms with Crippen molar-refractivity contribution >= 4 is 0 Å². The summed E-state index contributed by atoms with van der Waals surface area (Å²) in [4.78, 5) is 4.18. The van der Waals surface area contributed by atoms with Crippen LogP contribution in [0.15, 0.2) is 0 Å². The maximum absolute atomic E-state index is 10.4. The summed E-state index contributed by atoms with van der Waals surface area (Å²) in [5.41, 5.74) is 0. The Morgan fingerprint density at radius 3 is 1.79 bits per heavy atom. The molecular formula is C14H32N2O3. The first-order chi connectivity index (χ1) is 9.05. The van der Waals surface area contributed by atoms with Gasteiger partial charge < -0.3 is 20.2 Å². The number of nitrogens with zero attached hydrogens (tertiary/aromatic N) is 2. The van der Waals surface area contributed by atoms with Crippen molar-refractivity contribution in [2.45, 2.75) is 52.4 Å². The van der Waals surface area contributed by atoms with Gasteiger partial charge in [0.1, 0.15) is 0 Å². The van der Waals surface area contributed by atoms with E-state index in [0.29, 0.717) is 13.0 Å². The SMILES string of the molecule is CCN(CC)CC(O)C(O)C(CCO)N(CC)CC. The van der Waals surface area contributed by atoms with Crippen LogP contribution in [0.2, 0.25) is 0 Å². The van der Waals surface area contributed by atoms with Gasteiger partial charge in [0.15, 0.2) is 0 Å². The van der Waals surface area contributed by atoms with E-state index in [1.54, 1.807) is 0 Å². The van der Waals surface area contributed by atoms with E-state index in [-0.39, 0.29) is 12.6 Å². The predicted octanol–water partition coefficient (Wildman–Crippen LogP) is 0.143. The summed E-state index contributed by atoms with van der Waals surface area (Å²) in [6.45, 7) is 11.9. The zero-order valence-corrected chi connectivity index (χ0v) is 12.9. The van der Waals surface area contributed by atoms with Crippen LogP contribution in [0.25, 0.3) is 0 Å². The van der Waals surface area contributed by atoms with E-state index in [0.717, 1.165) is 26.2 Å². The van der Waals surface area contributed by atoms with E-state index < -0.39 is 12.2 Å². The standard InChI is InChI=1S/C14H32N2O3/c1-5-15(6-2)11-13(18)14(19)12(9-10-17)16(7-3)8-4/h12-14,17-19H,5-11H2,1-4H3. The van der Waals surface area contributed by atoms with Crippen LogP contribution in [0.4, 0.5) is 0 Å². The molecule has 116 valence electrons. The number of hydrogen-bond acceptors (Lipinski definition) is 5. The third-order valence-electron chi connectivity index (χ3n) is 3.83. The molecule has 0 bridgehead atoms. The first-order valence-corrected chi connectivity index (χ1v) is 7.48. The van der Waals surface area contributed by atoms with Crippen molar-refractivity contribution in [2.75, 3.05) is 39.3 Å². The molecule has 19 heavy (non-hydrogen) atoms. The zero-order valence-electron chi connectivity index (χ0n) is 12.9. The molecule has 0 aromatic carbocycles. The molecule has 0 aliphatic carbocycles. The molecule has 0 radical (unpaired) electrons. The molecule has 0 aliphatic heterocycles. The lowest BCUT2D eigenvalue weighted by Gasteiger charge is -2.36. The molecule has 3 N–H and O–H groups in total. The molecule has 0 saturated carbocycles. The molecule has 0 fully saturated rings. The van der Waals surface area contributed by atoms with Crippen LogP contribution in [0.1, 0.15) is 34.1 Å². The Hall–Kier alpha value is -0.200. The van der Waals surface area contributed by atoms with E-state index in [1.807, 2.05) is 27.7 Å². The normalized spacial score (nSPS) is 16.9. The average molecular weight is 276 g/mol. The van der Waals surface area contributed by atoms with Crippen LogP contribution in [-0.2, 0) is 0 Å². The van der Waals surface area contributed by atoms with Gasteiger partial charge in [0.05, 0.1) is 12.2 Å². The fourth-order valence-electron chi connectivity index (χ4n) is 2.51. The molecule has 0 aliphatic rings. The van der Waals surface area contributed by atoms with Gasteiger partial charge >= 0.3 is 0 Å². The molecule has 0 saturated heterocycles. The summed E-state index contributed by atoms with van der Waals surface area (Å²) in [5, 5.41) is 29.7. The van der Waals surface area contributed by atoms with Crippen molar-refractivity contribution in [1.29, 1.82) is 0 Å². The molecule has 0 aromatic heterocycles. The van der Waals surface area contributed by atoms with Gasteiger partial charge in [-0.1, -0.05) is 27.7 Å². The largest absolute Gasteiger partial charge is 0.396 e. The topological polar surface area (TPSA) is 67.2 Å². The smallest absolute Gasteiger partial charge is 0.0967 e. The van der Waals surface area contributed by atoms with Crippen molar-refractivity contribution in [3.8, 4) is 0 Å². The monoisotopic (exact) mass is 276 g/mol. The van der Waals surface area contributed by atoms with Gasteiger partial charge in [0, 0.05) is 19.2 Å². The lowest BCUT2D eigenvalue weighted by Crippen LogP contribution is -2.52. The Morgan fingerprint density at radius 1 is 0.895 bits per heavy atom. The van der Waals surface area contributed by atoms with Crippen LogP contribution < -0.4 is 0 Å². The number of likely N-dealkylation sites (N-methyl/N-ethyl adjacent to an activating group) is 2. The first kappa shape index (κ1) is 18.8. The quantitative estimate of drug-likeness (QED) is 0.501. The molecule has 0 amide bonds. The van der Waals surface area contributed by atoms with Crippen LogP contribution in [0, 0.1) is 0 Å². The van der Waals surface area contributed by atoms with Crippen molar-refractivity contribution in [1.82, 2.24) is 9.80 Å². The van der Waals surface area contributed by atoms with Crippen molar-refractivity contribution in [3.63, 3.8) is 0 Å². The van der Waals surface area contributed by atoms with Crippen molar-refractivity contribution in [3.05, 3.63) is 0 Å². The summed E-state index contributed by atoms with van der Waals surface area (Å²) >= 11 is 0. The second-order valence-electron chi connectivity index (χ2n) is 4.84. The summed E-state index contributed by atoms with van der Waals surface area (Å²) < 4.78 is 0. The van der Waals surface area contributed by atoms with Crippen molar-refractivity contribution < 1.29 is 15.3 Å². The van der Waals surface area contributed by atoms with Crippen LogP contribution in [0.5, 0.6) is 0 Å². The molecule has 3 atom stereocenters. The van der Waals surface area contributed by atoms with E-state index in [1.165, 1.54) is 0 Å². The minimum absolute atomic E-state index is 0.0240. The highest BCUT2D eigenvalue weighted by molar-refractivity contribution is 4.84. The summed E-state index contributed by atoms with van der Waals surface area (Å²) in [5.74, 6) is 0. The minimum atomic E-state index is -0.826.